The van der Waals surface area contributed by atoms with Crippen molar-refractivity contribution in [2.75, 3.05) is 28.6 Å². The van der Waals surface area contributed by atoms with Gasteiger partial charge in [0.2, 0.25) is 0 Å². The number of hydrogen-bond acceptors (Lipinski definition) is 7. The van der Waals surface area contributed by atoms with Crippen LogP contribution in [0.15, 0.2) is 64.2 Å². The molecule has 4 rings (SSSR count). The lowest BCUT2D eigenvalue weighted by Gasteiger charge is -2.30. The van der Waals surface area contributed by atoms with Crippen molar-refractivity contribution < 1.29 is 27.5 Å². The third-order valence-electron chi connectivity index (χ3n) is 5.23. The largest absolute Gasteiger partial charge is 0.465 e. The topological polar surface area (TPSA) is 122 Å². The van der Waals surface area contributed by atoms with Crippen LogP contribution in [0, 0.1) is 0 Å². The van der Waals surface area contributed by atoms with E-state index < -0.39 is 27.8 Å². The van der Waals surface area contributed by atoms with Gasteiger partial charge in [-0.05, 0) is 66.2 Å². The predicted molar refractivity (Wildman–Crippen MR) is 129 cm³/mol. The van der Waals surface area contributed by atoms with Gasteiger partial charge in [0.25, 0.3) is 10.0 Å². The molecule has 0 aliphatic carbocycles. The van der Waals surface area contributed by atoms with E-state index in [4.69, 9.17) is 0 Å². The van der Waals surface area contributed by atoms with Crippen molar-refractivity contribution in [1.29, 1.82) is 0 Å². The number of sulfonamides is 1. The molecule has 1 aliphatic heterocycles. The minimum Gasteiger partial charge on any atom is -0.465 e. The van der Waals surface area contributed by atoms with E-state index in [-0.39, 0.29) is 4.21 Å². The quantitative estimate of drug-likeness (QED) is 0.411. The van der Waals surface area contributed by atoms with Crippen LogP contribution in [0.1, 0.15) is 22.3 Å². The Hall–Kier alpha value is -3.70. The second kappa shape index (κ2) is 9.65. The van der Waals surface area contributed by atoms with Crippen molar-refractivity contribution >= 4 is 56.2 Å². The molecule has 34 heavy (non-hydrogen) atoms. The number of hydrogen-bond donors (Lipinski definition) is 2. The van der Waals surface area contributed by atoms with Crippen molar-refractivity contribution in [3.8, 4) is 0 Å². The normalized spacial score (nSPS) is 13.0. The number of thiophene rings is 1. The van der Waals surface area contributed by atoms with Crippen molar-refractivity contribution in [2.45, 2.75) is 17.1 Å². The Morgan fingerprint density at radius 2 is 1.65 bits per heavy atom. The average Bonchev–Trinajstić information content (AvgIpc) is 3.39. The third-order valence-corrected chi connectivity index (χ3v) is 8.41. The molecule has 0 saturated carbocycles. The van der Waals surface area contributed by atoms with Gasteiger partial charge in [0, 0.05) is 17.9 Å². The number of benzene rings is 2. The minimum atomic E-state index is -3.72. The predicted octanol–water partition coefficient (Wildman–Crippen LogP) is 3.25. The SMILES string of the molecule is COC(=O)c1ccc(NC(=O)C(=O)Nc2ccc3c(c2)N(S(=O)(=O)c2cccs2)CCC3)cc1. The van der Waals surface area contributed by atoms with Gasteiger partial charge >= 0.3 is 17.8 Å². The first-order chi connectivity index (χ1) is 16.3. The number of aryl methyl sites for hydroxylation is 1. The number of nitrogens with zero attached hydrogens (tertiary/aromatic N) is 1. The van der Waals surface area contributed by atoms with Gasteiger partial charge in [-0.1, -0.05) is 12.1 Å². The highest BCUT2D eigenvalue weighted by molar-refractivity contribution is 7.94. The van der Waals surface area contributed by atoms with Crippen LogP contribution in [0.4, 0.5) is 17.1 Å². The zero-order valence-electron chi connectivity index (χ0n) is 18.1. The lowest BCUT2D eigenvalue weighted by molar-refractivity contribution is -0.132. The number of anilines is 3. The molecule has 1 aromatic heterocycles. The number of methoxy groups -OCH3 is 1. The summed E-state index contributed by atoms with van der Waals surface area (Å²) in [5.74, 6) is -2.34. The molecule has 2 amide bonds. The minimum absolute atomic E-state index is 0.243. The zero-order valence-corrected chi connectivity index (χ0v) is 19.7. The average molecular weight is 500 g/mol. The molecule has 0 saturated heterocycles. The number of nitrogens with one attached hydrogen (secondary N) is 2. The maximum Gasteiger partial charge on any atom is 0.337 e. The van der Waals surface area contributed by atoms with Crippen LogP contribution in [0.3, 0.4) is 0 Å². The molecule has 2 aromatic carbocycles. The van der Waals surface area contributed by atoms with Crippen molar-refractivity contribution in [1.82, 2.24) is 0 Å². The number of fused-ring (bicyclic) bond motifs is 1. The Bertz CT molecular complexity index is 1340. The Balaban J connectivity index is 1.49. The molecular formula is C23H21N3O6S2. The Labute approximate surface area is 200 Å². The van der Waals surface area contributed by atoms with Crippen LogP contribution in [0.2, 0.25) is 0 Å². The van der Waals surface area contributed by atoms with Crippen LogP contribution in [0.5, 0.6) is 0 Å². The Kier molecular flexibility index (Phi) is 6.66. The van der Waals surface area contributed by atoms with E-state index in [2.05, 4.69) is 15.4 Å². The fourth-order valence-corrected chi connectivity index (χ4v) is 6.21. The summed E-state index contributed by atoms with van der Waals surface area (Å²) in [5.41, 5.74) is 2.26. The van der Waals surface area contributed by atoms with E-state index in [1.807, 2.05) is 0 Å². The molecule has 9 nitrogen and oxygen atoms in total. The summed E-state index contributed by atoms with van der Waals surface area (Å²) >= 11 is 1.14. The van der Waals surface area contributed by atoms with Gasteiger partial charge in [0.05, 0.1) is 18.4 Å². The molecule has 0 spiro atoms. The maximum atomic E-state index is 13.1. The molecule has 0 bridgehead atoms. The van der Waals surface area contributed by atoms with Crippen molar-refractivity contribution in [3.05, 3.63) is 71.1 Å². The summed E-state index contributed by atoms with van der Waals surface area (Å²) in [6.45, 7) is 0.326. The first kappa shape index (κ1) is 23.5. The highest BCUT2D eigenvalue weighted by Gasteiger charge is 2.30. The van der Waals surface area contributed by atoms with E-state index in [0.29, 0.717) is 42.0 Å². The molecule has 2 N–H and O–H groups in total. The van der Waals surface area contributed by atoms with Gasteiger partial charge in [0.15, 0.2) is 0 Å². The summed E-state index contributed by atoms with van der Waals surface area (Å²) in [4.78, 5) is 36.3. The lowest BCUT2D eigenvalue weighted by atomic mass is 10.0. The fraction of sp³-hybridized carbons (Fsp3) is 0.174. The van der Waals surface area contributed by atoms with Crippen LogP contribution in [-0.4, -0.2) is 39.9 Å². The number of esters is 1. The van der Waals surface area contributed by atoms with Crippen LogP contribution in [-0.2, 0) is 30.8 Å². The maximum absolute atomic E-state index is 13.1. The molecule has 176 valence electrons. The first-order valence-corrected chi connectivity index (χ1v) is 12.6. The molecule has 0 unspecified atom stereocenters. The van der Waals surface area contributed by atoms with Gasteiger partial charge < -0.3 is 15.4 Å². The summed E-state index contributed by atoms with van der Waals surface area (Å²) in [5, 5.41) is 6.67. The molecule has 0 atom stereocenters. The van der Waals surface area contributed by atoms with Crippen molar-refractivity contribution in [2.24, 2.45) is 0 Å². The number of rotatable bonds is 5. The molecule has 1 aliphatic rings. The molecule has 0 fully saturated rings. The highest BCUT2D eigenvalue weighted by Crippen LogP contribution is 2.35. The molecular weight excluding hydrogens is 478 g/mol. The number of ether oxygens (including phenoxy) is 1. The van der Waals surface area contributed by atoms with E-state index in [0.717, 1.165) is 16.9 Å². The number of amides is 2. The summed E-state index contributed by atoms with van der Waals surface area (Å²) in [6.07, 6.45) is 1.39. The second-order valence-electron chi connectivity index (χ2n) is 7.43. The van der Waals surface area contributed by atoms with Gasteiger partial charge in [-0.15, -0.1) is 11.3 Å². The van der Waals surface area contributed by atoms with Gasteiger partial charge in [-0.3, -0.25) is 13.9 Å². The van der Waals surface area contributed by atoms with E-state index >= 15 is 0 Å². The second-order valence-corrected chi connectivity index (χ2v) is 10.5. The molecule has 3 aromatic rings. The Morgan fingerprint density at radius 3 is 2.29 bits per heavy atom. The van der Waals surface area contributed by atoms with Gasteiger partial charge in [0.1, 0.15) is 4.21 Å². The van der Waals surface area contributed by atoms with Crippen LogP contribution < -0.4 is 14.9 Å². The smallest absolute Gasteiger partial charge is 0.337 e. The molecule has 11 heteroatoms. The summed E-state index contributed by atoms with van der Waals surface area (Å²) in [7, 11) is -2.46. The van der Waals surface area contributed by atoms with E-state index in [1.54, 1.807) is 35.7 Å². The third kappa shape index (κ3) is 4.80. The van der Waals surface area contributed by atoms with Gasteiger partial charge in [-0.2, -0.15) is 0 Å². The zero-order chi connectivity index (χ0) is 24.3. The van der Waals surface area contributed by atoms with E-state index in [1.165, 1.54) is 35.7 Å². The first-order valence-electron chi connectivity index (χ1n) is 10.3. The molecule has 0 radical (unpaired) electrons. The Morgan fingerprint density at radius 1 is 0.971 bits per heavy atom. The van der Waals surface area contributed by atoms with Crippen LogP contribution >= 0.6 is 11.3 Å². The molecule has 2 heterocycles. The summed E-state index contributed by atoms with van der Waals surface area (Å²) in [6, 6.07) is 14.1. The number of carbonyl (C=O) groups is 3. The van der Waals surface area contributed by atoms with Gasteiger partial charge in [-0.25, -0.2) is 13.2 Å². The van der Waals surface area contributed by atoms with Crippen LogP contribution in [0.25, 0.3) is 0 Å². The highest BCUT2D eigenvalue weighted by atomic mass is 32.2. The summed E-state index contributed by atoms with van der Waals surface area (Å²) < 4.78 is 32.4. The van der Waals surface area contributed by atoms with E-state index in [9.17, 15) is 22.8 Å². The monoisotopic (exact) mass is 499 g/mol. The lowest BCUT2D eigenvalue weighted by Crippen LogP contribution is -2.35. The fourth-order valence-electron chi connectivity index (χ4n) is 3.57. The standard InChI is InChI=1S/C23H21N3O6S2/c1-32-23(29)16-7-9-17(10-8-16)24-21(27)22(28)25-18-11-6-15-4-2-12-26(19(15)14-18)34(30,31)20-5-3-13-33-20/h3,5-11,13-14H,2,4,12H2,1H3,(H,24,27)(H,25,28). The number of carbonyl (C=O) groups excluding carboxylic acids is 3. The van der Waals surface area contributed by atoms with Crippen molar-refractivity contribution in [3.63, 3.8) is 0 Å².